The molecule has 4 nitrogen and oxygen atoms in total. The fraction of sp³-hybridized carbons (Fsp3) is 0.200. The predicted octanol–water partition coefficient (Wildman–Crippen LogP) is 3.17. The minimum absolute atomic E-state index is 0.443. The van der Waals surface area contributed by atoms with Crippen molar-refractivity contribution in [3.63, 3.8) is 0 Å². The van der Waals surface area contributed by atoms with Gasteiger partial charge in [-0.2, -0.15) is 4.98 Å². The Hall–Kier alpha value is -0.850. The normalized spacial score (nSPS) is 10.5. The van der Waals surface area contributed by atoms with E-state index >= 15 is 0 Å². The summed E-state index contributed by atoms with van der Waals surface area (Å²) >= 11 is 10.7. The highest BCUT2D eigenvalue weighted by molar-refractivity contribution is 9.10. The number of nitrogens with two attached hydrogens (primary N) is 1. The lowest BCUT2D eigenvalue weighted by Gasteiger charge is -2.16. The Balaban J connectivity index is 2.16. The molecule has 0 saturated heterocycles. The smallest absolute Gasteiger partial charge is 0.228 e. The van der Waals surface area contributed by atoms with Crippen molar-refractivity contribution in [3.8, 4) is 0 Å². The molecule has 0 aromatic carbocycles. The minimum atomic E-state index is 0.443. The molecule has 0 aliphatic heterocycles. The highest BCUT2D eigenvalue weighted by Gasteiger charge is 2.08. The maximum Gasteiger partial charge on any atom is 0.228 e. The number of nitrogens with zero attached hydrogens (tertiary/aromatic N) is 3. The zero-order valence-electron chi connectivity index (χ0n) is 9.02. The van der Waals surface area contributed by atoms with Crippen molar-refractivity contribution in [1.82, 2.24) is 9.97 Å². The zero-order valence-corrected chi connectivity index (χ0v) is 12.2. The first kappa shape index (κ1) is 12.6. The van der Waals surface area contributed by atoms with E-state index in [1.807, 2.05) is 24.1 Å². The van der Waals surface area contributed by atoms with Crippen LogP contribution in [-0.2, 0) is 6.54 Å². The summed E-state index contributed by atoms with van der Waals surface area (Å²) in [6.07, 6.45) is 0. The van der Waals surface area contributed by atoms with Gasteiger partial charge in [0.1, 0.15) is 10.4 Å². The predicted molar refractivity (Wildman–Crippen MR) is 75.6 cm³/mol. The van der Waals surface area contributed by atoms with Gasteiger partial charge >= 0.3 is 0 Å². The van der Waals surface area contributed by atoms with E-state index in [0.29, 0.717) is 22.9 Å². The summed E-state index contributed by atoms with van der Waals surface area (Å²) in [6, 6.07) is 5.54. The Bertz CT molecular complexity index is 511. The van der Waals surface area contributed by atoms with Gasteiger partial charge in [-0.15, -0.1) is 11.3 Å². The molecule has 7 heteroatoms. The van der Waals surface area contributed by atoms with Crippen LogP contribution in [0.15, 0.2) is 22.8 Å². The van der Waals surface area contributed by atoms with E-state index in [2.05, 4.69) is 25.9 Å². The van der Waals surface area contributed by atoms with Gasteiger partial charge in [0.25, 0.3) is 0 Å². The number of halogens is 2. The van der Waals surface area contributed by atoms with Gasteiger partial charge in [-0.3, -0.25) is 0 Å². The molecule has 2 aromatic rings. The molecule has 2 N–H and O–H groups in total. The van der Waals surface area contributed by atoms with E-state index in [4.69, 9.17) is 17.3 Å². The number of nitrogen functional groups attached to an aromatic ring is 1. The fourth-order valence-corrected chi connectivity index (χ4v) is 2.87. The van der Waals surface area contributed by atoms with Crippen LogP contribution < -0.4 is 10.6 Å². The Kier molecular flexibility index (Phi) is 3.86. The van der Waals surface area contributed by atoms with E-state index in [1.165, 1.54) is 0 Å². The Labute approximate surface area is 117 Å². The number of thiophene rings is 1. The average Bonchev–Trinajstić information content (AvgIpc) is 2.62. The fourth-order valence-electron chi connectivity index (χ4n) is 1.33. The van der Waals surface area contributed by atoms with E-state index in [9.17, 15) is 0 Å². The van der Waals surface area contributed by atoms with Gasteiger partial charge in [-0.25, -0.2) is 4.98 Å². The average molecular weight is 334 g/mol. The van der Waals surface area contributed by atoms with E-state index < -0.39 is 0 Å². The van der Waals surface area contributed by atoms with Crippen molar-refractivity contribution in [2.24, 2.45) is 0 Å². The second-order valence-electron chi connectivity index (χ2n) is 3.48. The van der Waals surface area contributed by atoms with Crippen LogP contribution in [-0.4, -0.2) is 17.0 Å². The molecule has 90 valence electrons. The molecule has 2 heterocycles. The van der Waals surface area contributed by atoms with Crippen molar-refractivity contribution >= 4 is 50.6 Å². The van der Waals surface area contributed by atoms with E-state index in [-0.39, 0.29) is 0 Å². The Morgan fingerprint density at radius 1 is 1.47 bits per heavy atom. The first-order valence-corrected chi connectivity index (χ1v) is 6.79. The molecule has 17 heavy (non-hydrogen) atoms. The van der Waals surface area contributed by atoms with E-state index in [1.54, 1.807) is 17.4 Å². The van der Waals surface area contributed by atoms with Crippen LogP contribution in [0.3, 0.4) is 0 Å². The third-order valence-corrected chi connectivity index (χ3v) is 3.69. The number of anilines is 2. The standard InChI is InChI=1S/C10H10BrClN4S/c1-16(5-6-2-3-8(12)17-6)10-14-7(11)4-9(13)15-10/h2-4H,5H2,1H3,(H2,13,14,15). The molecule has 0 spiro atoms. The molecule has 2 aromatic heterocycles. The highest BCUT2D eigenvalue weighted by Crippen LogP contribution is 2.24. The number of aromatic nitrogens is 2. The number of rotatable bonds is 3. The van der Waals surface area contributed by atoms with Crippen LogP contribution in [0, 0.1) is 0 Å². The van der Waals surface area contributed by atoms with Crippen LogP contribution in [0.2, 0.25) is 4.34 Å². The summed E-state index contributed by atoms with van der Waals surface area (Å²) in [5, 5.41) is 0. The summed E-state index contributed by atoms with van der Waals surface area (Å²) in [6.45, 7) is 0.702. The molecule has 0 fully saturated rings. The summed E-state index contributed by atoms with van der Waals surface area (Å²) < 4.78 is 1.46. The molecule has 0 radical (unpaired) electrons. The van der Waals surface area contributed by atoms with Crippen molar-refractivity contribution in [1.29, 1.82) is 0 Å². The lowest BCUT2D eigenvalue weighted by atomic mass is 10.4. The van der Waals surface area contributed by atoms with Gasteiger partial charge in [0.15, 0.2) is 0 Å². The SMILES string of the molecule is CN(Cc1ccc(Cl)s1)c1nc(N)cc(Br)n1. The second-order valence-corrected chi connectivity index (χ2v) is 6.09. The van der Waals surface area contributed by atoms with Gasteiger partial charge in [-0.1, -0.05) is 11.6 Å². The largest absolute Gasteiger partial charge is 0.383 e. The molecule has 0 unspecified atom stereocenters. The van der Waals surface area contributed by atoms with Crippen molar-refractivity contribution in [3.05, 3.63) is 32.0 Å². The summed E-state index contributed by atoms with van der Waals surface area (Å²) in [5.41, 5.74) is 5.67. The lowest BCUT2D eigenvalue weighted by Crippen LogP contribution is -2.19. The van der Waals surface area contributed by atoms with Crippen molar-refractivity contribution in [2.45, 2.75) is 6.54 Å². The molecule has 0 bridgehead atoms. The quantitative estimate of drug-likeness (QED) is 0.877. The molecular formula is C10H10BrClN4S. The maximum absolute atomic E-state index is 5.88. The monoisotopic (exact) mass is 332 g/mol. The second kappa shape index (κ2) is 5.20. The Morgan fingerprint density at radius 2 is 2.24 bits per heavy atom. The minimum Gasteiger partial charge on any atom is -0.383 e. The topological polar surface area (TPSA) is 55.0 Å². The summed E-state index contributed by atoms with van der Waals surface area (Å²) in [7, 11) is 1.91. The molecule has 0 aliphatic carbocycles. The molecule has 0 amide bonds. The molecular weight excluding hydrogens is 324 g/mol. The summed E-state index contributed by atoms with van der Waals surface area (Å²) in [4.78, 5) is 11.5. The Morgan fingerprint density at radius 3 is 2.82 bits per heavy atom. The number of hydrogen-bond acceptors (Lipinski definition) is 5. The lowest BCUT2D eigenvalue weighted by molar-refractivity contribution is 0.876. The first-order valence-electron chi connectivity index (χ1n) is 4.80. The van der Waals surface area contributed by atoms with Crippen LogP contribution in [0.1, 0.15) is 4.88 Å². The van der Waals surface area contributed by atoms with E-state index in [0.717, 1.165) is 9.21 Å². The van der Waals surface area contributed by atoms with Crippen LogP contribution in [0.5, 0.6) is 0 Å². The third kappa shape index (κ3) is 3.31. The molecule has 0 atom stereocenters. The van der Waals surface area contributed by atoms with Crippen LogP contribution in [0.25, 0.3) is 0 Å². The molecule has 2 rings (SSSR count). The van der Waals surface area contributed by atoms with Gasteiger partial charge in [-0.05, 0) is 28.1 Å². The van der Waals surface area contributed by atoms with Gasteiger partial charge in [0, 0.05) is 18.0 Å². The molecule has 0 saturated carbocycles. The van der Waals surface area contributed by atoms with Crippen LogP contribution in [0.4, 0.5) is 11.8 Å². The van der Waals surface area contributed by atoms with Gasteiger partial charge in [0.05, 0.1) is 10.9 Å². The highest BCUT2D eigenvalue weighted by atomic mass is 79.9. The molecule has 0 aliphatic rings. The third-order valence-electron chi connectivity index (χ3n) is 2.07. The number of hydrogen-bond donors (Lipinski definition) is 1. The van der Waals surface area contributed by atoms with Crippen molar-refractivity contribution < 1.29 is 0 Å². The first-order chi connectivity index (χ1) is 8.04. The van der Waals surface area contributed by atoms with Crippen LogP contribution >= 0.6 is 38.9 Å². The summed E-state index contributed by atoms with van der Waals surface area (Å²) in [5.74, 6) is 1.03. The zero-order chi connectivity index (χ0) is 12.4. The van der Waals surface area contributed by atoms with Crippen molar-refractivity contribution in [2.75, 3.05) is 17.7 Å². The maximum atomic E-state index is 5.88. The van der Waals surface area contributed by atoms with Gasteiger partial charge < -0.3 is 10.6 Å². The van der Waals surface area contributed by atoms with Gasteiger partial charge in [0.2, 0.25) is 5.95 Å².